The molecule has 6 heavy (non-hydrogen) atoms. The van der Waals surface area contributed by atoms with E-state index in [9.17, 15) is 0 Å². The summed E-state index contributed by atoms with van der Waals surface area (Å²) in [7, 11) is 0. The molecule has 0 aliphatic heterocycles. The van der Waals surface area contributed by atoms with Crippen molar-refractivity contribution in [1.29, 1.82) is 0 Å². The van der Waals surface area contributed by atoms with Crippen molar-refractivity contribution in [1.82, 2.24) is 0 Å². The molecule has 0 radical (unpaired) electrons. The Morgan fingerprint density at radius 3 is 1.50 bits per heavy atom. The first-order valence-corrected chi connectivity index (χ1v) is 0.651. The Balaban J connectivity index is -0.00000000450. The van der Waals surface area contributed by atoms with Gasteiger partial charge in [0.1, 0.15) is 0 Å². The first kappa shape index (κ1) is 15.9. The van der Waals surface area contributed by atoms with Crippen LogP contribution in [0.25, 0.3) is 0 Å². The molecule has 0 aliphatic carbocycles. The van der Waals surface area contributed by atoms with Crippen molar-refractivity contribution >= 4 is 29.2 Å². The molecule has 0 bridgehead atoms. The van der Waals surface area contributed by atoms with Crippen LogP contribution in [0.1, 0.15) is 4.28 Å². The van der Waals surface area contributed by atoms with Crippen LogP contribution in [0.3, 0.4) is 0 Å². The molecular weight excluding hydrogens is 91.3 g/mol. The zero-order chi connectivity index (χ0) is 3.58. The Kier molecular flexibility index (Phi) is 24.3. The maximum Gasteiger partial charge on any atom is 2.00 e. The number of rotatable bonds is 0. The minimum atomic E-state index is -1.83. The average molecular weight is 96.3 g/mol. The minimum Gasteiger partial charge on any atom is -1.00 e. The van der Waals surface area contributed by atoms with Gasteiger partial charge in [-0.2, -0.15) is 0 Å². The molecule has 0 saturated carbocycles. The molecule has 0 amide bonds. The molecule has 30 valence electrons. The first-order valence-electron chi connectivity index (χ1n) is 0.651. The molecule has 3 nitrogen and oxygen atoms in total. The summed E-state index contributed by atoms with van der Waals surface area (Å²) < 4.78 is 0. The van der Waals surface area contributed by atoms with Crippen molar-refractivity contribution in [2.24, 2.45) is 0 Å². The quantitative estimate of drug-likeness (QED) is 0.320. The van der Waals surface area contributed by atoms with Gasteiger partial charge in [-0.05, 0) is 0 Å². The summed E-state index contributed by atoms with van der Waals surface area (Å²) in [5.74, 6) is 0. The van der Waals surface area contributed by atoms with Crippen LogP contribution in [-0.4, -0.2) is 39.4 Å². The molecule has 0 aromatic carbocycles. The minimum absolute atomic E-state index is 0. The SMILES string of the molecule is O=C(O)O.[H-].[H-].[H-].[Li+].[Mg+2]. The molecule has 5 heteroatoms. The molecule has 0 saturated heterocycles. The smallest absolute Gasteiger partial charge is 1.00 e. The van der Waals surface area contributed by atoms with Gasteiger partial charge in [0.2, 0.25) is 0 Å². The van der Waals surface area contributed by atoms with E-state index in [2.05, 4.69) is 0 Å². The molecule has 0 rings (SSSR count). The number of carboxylic acid groups (broad SMARTS) is 2. The van der Waals surface area contributed by atoms with Crippen LogP contribution in [0.2, 0.25) is 0 Å². The van der Waals surface area contributed by atoms with Gasteiger partial charge in [-0.25, -0.2) is 4.79 Å². The van der Waals surface area contributed by atoms with Crippen LogP contribution in [0.4, 0.5) is 4.79 Å². The van der Waals surface area contributed by atoms with Gasteiger partial charge in [0.15, 0.2) is 0 Å². The molecule has 0 aromatic heterocycles. The Bertz CT molecular complexity index is 42.0. The summed E-state index contributed by atoms with van der Waals surface area (Å²) in [4.78, 5) is 8.56. The molecule has 0 unspecified atom stereocenters. The van der Waals surface area contributed by atoms with E-state index in [4.69, 9.17) is 15.0 Å². The third kappa shape index (κ3) is 152. The summed E-state index contributed by atoms with van der Waals surface area (Å²) in [6.07, 6.45) is -1.83. The fourth-order valence-electron chi connectivity index (χ4n) is 0. The van der Waals surface area contributed by atoms with Gasteiger partial charge in [-0.1, -0.05) is 0 Å². The number of hydrogen-bond donors (Lipinski definition) is 2. The van der Waals surface area contributed by atoms with Crippen LogP contribution in [0.5, 0.6) is 0 Å². The normalized spacial score (nSPS) is 4.00. The zero-order valence-electron chi connectivity index (χ0n) is 6.51. The van der Waals surface area contributed by atoms with E-state index in [0.717, 1.165) is 0 Å². The summed E-state index contributed by atoms with van der Waals surface area (Å²) in [6.45, 7) is 0. The number of carbonyl (C=O) groups is 1. The van der Waals surface area contributed by atoms with E-state index in [1.165, 1.54) is 0 Å². The maximum absolute atomic E-state index is 8.56. The van der Waals surface area contributed by atoms with Gasteiger partial charge in [-0.15, -0.1) is 0 Å². The first-order chi connectivity index (χ1) is 1.73. The van der Waals surface area contributed by atoms with Crippen LogP contribution < -0.4 is 18.9 Å². The summed E-state index contributed by atoms with van der Waals surface area (Å²) in [5, 5.41) is 13.9. The topological polar surface area (TPSA) is 57.5 Å². The van der Waals surface area contributed by atoms with E-state index in [1.54, 1.807) is 0 Å². The third-order valence-electron chi connectivity index (χ3n) is 0. The molecule has 0 heterocycles. The summed E-state index contributed by atoms with van der Waals surface area (Å²) in [5.41, 5.74) is 0. The van der Waals surface area contributed by atoms with Crippen molar-refractivity contribution < 1.29 is 38.1 Å². The second-order valence-corrected chi connectivity index (χ2v) is 0.283. The molecule has 0 aromatic rings. The maximum atomic E-state index is 8.56. The van der Waals surface area contributed by atoms with Gasteiger partial charge < -0.3 is 14.5 Å². The van der Waals surface area contributed by atoms with Gasteiger partial charge in [0.05, 0.1) is 0 Å². The van der Waals surface area contributed by atoms with E-state index in [-0.39, 0.29) is 46.2 Å². The molecule has 0 fully saturated rings. The van der Waals surface area contributed by atoms with E-state index in [0.29, 0.717) is 0 Å². The molecule has 0 atom stereocenters. The summed E-state index contributed by atoms with van der Waals surface area (Å²) in [6, 6.07) is 0. The van der Waals surface area contributed by atoms with Gasteiger partial charge in [0.25, 0.3) is 0 Å². The largest absolute Gasteiger partial charge is 2.00 e. The molecule has 2 N–H and O–H groups in total. The van der Waals surface area contributed by atoms with Gasteiger partial charge >= 0.3 is 48.1 Å². The fraction of sp³-hybridized carbons (Fsp3) is 0. The van der Waals surface area contributed by atoms with Crippen LogP contribution in [-0.2, 0) is 0 Å². The molecular formula is CH5LiMgO3. The van der Waals surface area contributed by atoms with Gasteiger partial charge in [0, 0.05) is 0 Å². The Hall–Kier alpha value is 0.634. The predicted octanol–water partition coefficient (Wildman–Crippen LogP) is -2.82. The Morgan fingerprint density at radius 1 is 1.50 bits per heavy atom. The predicted molar refractivity (Wildman–Crippen MR) is 19.7 cm³/mol. The van der Waals surface area contributed by atoms with E-state index < -0.39 is 6.16 Å². The third-order valence-corrected chi connectivity index (χ3v) is 0. The summed E-state index contributed by atoms with van der Waals surface area (Å²) >= 11 is 0. The molecule has 0 aliphatic rings. The van der Waals surface area contributed by atoms with E-state index in [1.807, 2.05) is 0 Å². The van der Waals surface area contributed by atoms with Crippen molar-refractivity contribution in [3.05, 3.63) is 0 Å². The van der Waals surface area contributed by atoms with Crippen LogP contribution >= 0.6 is 0 Å². The van der Waals surface area contributed by atoms with Crippen LogP contribution in [0.15, 0.2) is 0 Å². The monoisotopic (exact) mass is 96.0 g/mol. The molecule has 0 spiro atoms. The second kappa shape index (κ2) is 9.16. The standard InChI is InChI=1S/CH2O3.Li.Mg.3H/c2-1(3)4;;;;;/h(H2,2,3,4);;;;;/q;+1;+2;3*-1. The van der Waals surface area contributed by atoms with Crippen molar-refractivity contribution in [2.45, 2.75) is 0 Å². The van der Waals surface area contributed by atoms with Crippen LogP contribution in [0, 0.1) is 0 Å². The Labute approximate surface area is 67.5 Å². The second-order valence-electron chi connectivity index (χ2n) is 0.283. The number of hydrogen-bond acceptors (Lipinski definition) is 1. The zero-order valence-corrected chi connectivity index (χ0v) is 4.92. The van der Waals surface area contributed by atoms with Gasteiger partial charge in [-0.3, -0.25) is 0 Å². The Morgan fingerprint density at radius 2 is 1.50 bits per heavy atom. The van der Waals surface area contributed by atoms with Crippen molar-refractivity contribution in [3.8, 4) is 0 Å². The van der Waals surface area contributed by atoms with E-state index >= 15 is 0 Å². The fourth-order valence-corrected chi connectivity index (χ4v) is 0. The van der Waals surface area contributed by atoms with Crippen molar-refractivity contribution in [2.75, 3.05) is 0 Å². The average Bonchev–Trinajstić information content (AvgIpc) is 0.811. The van der Waals surface area contributed by atoms with Crippen molar-refractivity contribution in [3.63, 3.8) is 0 Å².